The molecule has 0 amide bonds. The Hall–Kier alpha value is -2.07. The molecule has 0 bridgehead atoms. The van der Waals surface area contributed by atoms with Gasteiger partial charge >= 0.3 is 5.97 Å². The second-order valence-corrected chi connectivity index (χ2v) is 4.07. The minimum Gasteiger partial charge on any atom is -0.508 e. The second-order valence-electron chi connectivity index (χ2n) is 3.66. The van der Waals surface area contributed by atoms with Crippen molar-refractivity contribution in [2.45, 2.75) is 0 Å². The Morgan fingerprint density at radius 2 is 1.83 bits per heavy atom. The number of phenolic OH excluding ortho intramolecular Hbond substituents is 1. The van der Waals surface area contributed by atoms with Gasteiger partial charge in [-0.2, -0.15) is 0 Å². The first-order valence-corrected chi connectivity index (χ1v) is 5.38. The Balaban J connectivity index is 2.70. The molecule has 2 aromatic carbocycles. The van der Waals surface area contributed by atoms with Crippen molar-refractivity contribution >= 4 is 17.6 Å². The summed E-state index contributed by atoms with van der Waals surface area (Å²) in [6.07, 6.45) is 0. The molecule has 92 valence electrons. The van der Waals surface area contributed by atoms with Crippen LogP contribution in [0.15, 0.2) is 36.4 Å². The number of aromatic carboxylic acids is 1. The smallest absolute Gasteiger partial charge is 0.336 e. The zero-order valence-electron chi connectivity index (χ0n) is 9.02. The molecular weight excluding hydrogens is 259 g/mol. The number of carbonyl (C=O) groups is 1. The Morgan fingerprint density at radius 3 is 2.50 bits per heavy atom. The topological polar surface area (TPSA) is 57.5 Å². The van der Waals surface area contributed by atoms with Crippen molar-refractivity contribution in [1.82, 2.24) is 0 Å². The summed E-state index contributed by atoms with van der Waals surface area (Å²) in [6, 6.07) is 7.54. The summed E-state index contributed by atoms with van der Waals surface area (Å²) in [7, 11) is 0. The van der Waals surface area contributed by atoms with Gasteiger partial charge in [-0.25, -0.2) is 9.18 Å². The van der Waals surface area contributed by atoms with Crippen molar-refractivity contribution in [1.29, 1.82) is 0 Å². The van der Waals surface area contributed by atoms with E-state index in [-0.39, 0.29) is 21.9 Å². The van der Waals surface area contributed by atoms with Crippen molar-refractivity contribution in [2.75, 3.05) is 0 Å². The molecule has 0 radical (unpaired) electrons. The molecule has 18 heavy (non-hydrogen) atoms. The third kappa shape index (κ3) is 2.28. The van der Waals surface area contributed by atoms with E-state index in [1.165, 1.54) is 24.3 Å². The zero-order chi connectivity index (χ0) is 13.3. The molecule has 0 aliphatic rings. The van der Waals surface area contributed by atoms with Crippen LogP contribution in [-0.2, 0) is 0 Å². The SMILES string of the molecule is O=C(O)c1cc(F)ccc1-c1cc(O)ccc1Cl. The van der Waals surface area contributed by atoms with Crippen molar-refractivity contribution in [3.8, 4) is 16.9 Å². The van der Waals surface area contributed by atoms with Crippen LogP contribution in [0, 0.1) is 5.82 Å². The molecule has 0 aliphatic carbocycles. The van der Waals surface area contributed by atoms with Gasteiger partial charge in [-0.1, -0.05) is 17.7 Å². The molecule has 0 fully saturated rings. The Kier molecular flexibility index (Phi) is 3.21. The highest BCUT2D eigenvalue weighted by Crippen LogP contribution is 2.33. The van der Waals surface area contributed by atoms with Crippen LogP contribution < -0.4 is 0 Å². The molecule has 0 atom stereocenters. The molecule has 0 aromatic heterocycles. The molecule has 2 aromatic rings. The van der Waals surface area contributed by atoms with Gasteiger partial charge in [0.1, 0.15) is 11.6 Å². The first-order chi connectivity index (χ1) is 8.49. The molecule has 2 N–H and O–H groups in total. The first-order valence-electron chi connectivity index (χ1n) is 5.01. The average Bonchev–Trinajstić information content (AvgIpc) is 2.32. The number of halogens is 2. The number of rotatable bonds is 2. The fraction of sp³-hybridized carbons (Fsp3) is 0. The third-order valence-electron chi connectivity index (χ3n) is 2.45. The highest BCUT2D eigenvalue weighted by atomic mass is 35.5. The van der Waals surface area contributed by atoms with Gasteiger partial charge < -0.3 is 10.2 Å². The summed E-state index contributed by atoms with van der Waals surface area (Å²) in [4.78, 5) is 11.1. The van der Waals surface area contributed by atoms with E-state index in [0.29, 0.717) is 5.56 Å². The van der Waals surface area contributed by atoms with Gasteiger partial charge in [-0.05, 0) is 35.9 Å². The maximum absolute atomic E-state index is 13.1. The normalized spacial score (nSPS) is 10.3. The standard InChI is InChI=1S/C13H8ClFO3/c14-12-4-2-8(16)6-10(12)9-3-1-7(15)5-11(9)13(17)18/h1-6,16H,(H,17,18). The van der Waals surface area contributed by atoms with E-state index in [9.17, 15) is 14.3 Å². The van der Waals surface area contributed by atoms with Crippen LogP contribution in [-0.4, -0.2) is 16.2 Å². The van der Waals surface area contributed by atoms with E-state index in [1.54, 1.807) is 0 Å². The van der Waals surface area contributed by atoms with Crippen molar-refractivity contribution < 1.29 is 19.4 Å². The van der Waals surface area contributed by atoms with Crippen molar-refractivity contribution in [2.24, 2.45) is 0 Å². The lowest BCUT2D eigenvalue weighted by molar-refractivity contribution is 0.0697. The largest absolute Gasteiger partial charge is 0.508 e. The van der Waals surface area contributed by atoms with Gasteiger partial charge in [-0.3, -0.25) is 0 Å². The van der Waals surface area contributed by atoms with E-state index in [0.717, 1.165) is 12.1 Å². The lowest BCUT2D eigenvalue weighted by Crippen LogP contribution is -2.00. The quantitative estimate of drug-likeness (QED) is 0.874. The third-order valence-corrected chi connectivity index (χ3v) is 2.78. The fourth-order valence-corrected chi connectivity index (χ4v) is 1.87. The lowest BCUT2D eigenvalue weighted by atomic mass is 9.99. The number of hydrogen-bond donors (Lipinski definition) is 2. The molecule has 0 saturated heterocycles. The Morgan fingerprint density at radius 1 is 1.11 bits per heavy atom. The van der Waals surface area contributed by atoms with Crippen LogP contribution in [0.5, 0.6) is 5.75 Å². The molecule has 0 spiro atoms. The van der Waals surface area contributed by atoms with Gasteiger partial charge in [0.15, 0.2) is 0 Å². The van der Waals surface area contributed by atoms with E-state index in [1.807, 2.05) is 0 Å². The molecule has 0 saturated carbocycles. The summed E-state index contributed by atoms with van der Waals surface area (Å²) in [5.41, 5.74) is 0.390. The number of benzene rings is 2. The van der Waals surface area contributed by atoms with Crippen LogP contribution >= 0.6 is 11.6 Å². The molecule has 0 unspecified atom stereocenters. The van der Waals surface area contributed by atoms with E-state index >= 15 is 0 Å². The number of carboxylic acids is 1. The Labute approximate surface area is 107 Å². The van der Waals surface area contributed by atoms with Crippen LogP contribution in [0.3, 0.4) is 0 Å². The zero-order valence-corrected chi connectivity index (χ0v) is 9.78. The average molecular weight is 267 g/mol. The van der Waals surface area contributed by atoms with Gasteiger partial charge in [-0.15, -0.1) is 0 Å². The minimum absolute atomic E-state index is 0.0462. The molecule has 0 heterocycles. The van der Waals surface area contributed by atoms with Crippen molar-refractivity contribution in [3.05, 3.63) is 52.8 Å². The molecular formula is C13H8ClFO3. The van der Waals surface area contributed by atoms with Gasteiger partial charge in [0.05, 0.1) is 5.56 Å². The van der Waals surface area contributed by atoms with Gasteiger partial charge in [0, 0.05) is 10.6 Å². The van der Waals surface area contributed by atoms with Crippen molar-refractivity contribution in [3.63, 3.8) is 0 Å². The first kappa shape index (κ1) is 12.4. The molecule has 3 nitrogen and oxygen atoms in total. The van der Waals surface area contributed by atoms with Gasteiger partial charge in [0.25, 0.3) is 0 Å². The molecule has 2 rings (SSSR count). The number of hydrogen-bond acceptors (Lipinski definition) is 2. The lowest BCUT2D eigenvalue weighted by Gasteiger charge is -2.09. The molecule has 5 heteroatoms. The maximum atomic E-state index is 13.1. The highest BCUT2D eigenvalue weighted by molar-refractivity contribution is 6.33. The predicted molar refractivity (Wildman–Crippen MR) is 65.5 cm³/mol. The monoisotopic (exact) mass is 266 g/mol. The Bertz CT molecular complexity index is 626. The van der Waals surface area contributed by atoms with Gasteiger partial charge in [0.2, 0.25) is 0 Å². The number of phenols is 1. The number of aromatic hydroxyl groups is 1. The summed E-state index contributed by atoms with van der Waals surface area (Å²) in [5, 5.41) is 18.7. The van der Waals surface area contributed by atoms with E-state index in [4.69, 9.17) is 16.7 Å². The van der Waals surface area contributed by atoms with Crippen LogP contribution in [0.2, 0.25) is 5.02 Å². The fourth-order valence-electron chi connectivity index (χ4n) is 1.65. The maximum Gasteiger partial charge on any atom is 0.336 e. The van der Waals surface area contributed by atoms with E-state index in [2.05, 4.69) is 0 Å². The predicted octanol–water partition coefficient (Wildman–Crippen LogP) is 3.55. The van der Waals surface area contributed by atoms with Crippen LogP contribution in [0.4, 0.5) is 4.39 Å². The second kappa shape index (κ2) is 4.66. The van der Waals surface area contributed by atoms with E-state index < -0.39 is 11.8 Å². The molecule has 0 aliphatic heterocycles. The summed E-state index contributed by atoms with van der Waals surface area (Å²) >= 11 is 5.95. The highest BCUT2D eigenvalue weighted by Gasteiger charge is 2.15. The minimum atomic E-state index is -1.26. The van der Waals surface area contributed by atoms with Crippen LogP contribution in [0.1, 0.15) is 10.4 Å². The summed E-state index contributed by atoms with van der Waals surface area (Å²) in [6.45, 7) is 0. The summed E-state index contributed by atoms with van der Waals surface area (Å²) < 4.78 is 13.1. The summed E-state index contributed by atoms with van der Waals surface area (Å²) in [5.74, 6) is -1.95. The number of carboxylic acid groups (broad SMARTS) is 1. The van der Waals surface area contributed by atoms with Crippen LogP contribution in [0.25, 0.3) is 11.1 Å².